The van der Waals surface area contributed by atoms with Crippen molar-refractivity contribution in [3.63, 3.8) is 0 Å². The van der Waals surface area contributed by atoms with Crippen LogP contribution in [0.1, 0.15) is 55.6 Å². The molecular formula is C21H25NO2S. The molecule has 3 nitrogen and oxygen atoms in total. The van der Waals surface area contributed by atoms with E-state index < -0.39 is 10.0 Å². The standard InChI is InChI=1S/C21H25NO2S/c23-25(24,22-16-6-10-19-9-4-5-11-21(19)22)20-14-12-18(13-15-20)17-7-2-1-3-8-17/h4-5,9,11-15,17H,1-3,6-8,10,16H2. The lowest BCUT2D eigenvalue weighted by Gasteiger charge is -2.30. The van der Waals surface area contributed by atoms with Gasteiger partial charge in [0.1, 0.15) is 0 Å². The van der Waals surface area contributed by atoms with Crippen LogP contribution in [0, 0.1) is 0 Å². The van der Waals surface area contributed by atoms with Gasteiger partial charge >= 0.3 is 0 Å². The molecule has 1 fully saturated rings. The second-order valence-corrected chi connectivity index (χ2v) is 9.08. The monoisotopic (exact) mass is 355 g/mol. The highest BCUT2D eigenvalue weighted by molar-refractivity contribution is 7.92. The number of hydrogen-bond acceptors (Lipinski definition) is 2. The van der Waals surface area contributed by atoms with E-state index in [1.807, 2.05) is 36.4 Å². The molecule has 25 heavy (non-hydrogen) atoms. The summed E-state index contributed by atoms with van der Waals surface area (Å²) in [6.07, 6.45) is 8.18. The van der Waals surface area contributed by atoms with Gasteiger partial charge in [0, 0.05) is 6.54 Å². The van der Waals surface area contributed by atoms with Gasteiger partial charge in [-0.15, -0.1) is 0 Å². The van der Waals surface area contributed by atoms with E-state index in [1.165, 1.54) is 37.7 Å². The van der Waals surface area contributed by atoms with E-state index in [0.717, 1.165) is 24.1 Å². The predicted molar refractivity (Wildman–Crippen MR) is 102 cm³/mol. The molecule has 0 aromatic heterocycles. The highest BCUT2D eigenvalue weighted by atomic mass is 32.2. The Morgan fingerprint density at radius 1 is 0.840 bits per heavy atom. The van der Waals surface area contributed by atoms with Gasteiger partial charge in [-0.25, -0.2) is 8.42 Å². The average Bonchev–Trinajstić information content (AvgIpc) is 2.68. The van der Waals surface area contributed by atoms with Crippen molar-refractivity contribution in [3.8, 4) is 0 Å². The zero-order valence-corrected chi connectivity index (χ0v) is 15.3. The third-order valence-electron chi connectivity index (χ3n) is 5.61. The number of anilines is 1. The second-order valence-electron chi connectivity index (χ2n) is 7.21. The number of aryl methyl sites for hydroxylation is 1. The smallest absolute Gasteiger partial charge is 0.264 e. The van der Waals surface area contributed by atoms with Crippen LogP contribution in [0.15, 0.2) is 53.4 Å². The molecule has 0 bridgehead atoms. The van der Waals surface area contributed by atoms with Crippen molar-refractivity contribution in [2.75, 3.05) is 10.8 Å². The van der Waals surface area contributed by atoms with E-state index in [1.54, 1.807) is 16.4 Å². The molecule has 0 saturated heterocycles. The molecule has 0 radical (unpaired) electrons. The van der Waals surface area contributed by atoms with Gasteiger partial charge in [-0.3, -0.25) is 4.31 Å². The molecule has 0 N–H and O–H groups in total. The molecule has 0 unspecified atom stereocenters. The Kier molecular flexibility index (Phi) is 4.55. The van der Waals surface area contributed by atoms with Crippen LogP contribution in [0.4, 0.5) is 5.69 Å². The topological polar surface area (TPSA) is 37.4 Å². The minimum absolute atomic E-state index is 0.406. The molecule has 1 saturated carbocycles. The SMILES string of the molecule is O=S(=O)(c1ccc(C2CCCCC2)cc1)N1CCCc2ccccc21. The van der Waals surface area contributed by atoms with Gasteiger partial charge in [-0.05, 0) is 60.9 Å². The zero-order chi connectivity index (χ0) is 17.3. The molecule has 132 valence electrons. The van der Waals surface area contributed by atoms with E-state index in [2.05, 4.69) is 0 Å². The van der Waals surface area contributed by atoms with Crippen LogP contribution in [-0.2, 0) is 16.4 Å². The Bertz CT molecular complexity index is 836. The van der Waals surface area contributed by atoms with Crippen LogP contribution >= 0.6 is 0 Å². The van der Waals surface area contributed by atoms with Crippen molar-refractivity contribution in [1.29, 1.82) is 0 Å². The van der Waals surface area contributed by atoms with Gasteiger partial charge in [0.2, 0.25) is 0 Å². The first-order valence-corrected chi connectivity index (χ1v) is 10.8. The summed E-state index contributed by atoms with van der Waals surface area (Å²) in [7, 11) is -3.49. The van der Waals surface area contributed by atoms with Crippen molar-refractivity contribution in [2.45, 2.75) is 55.8 Å². The normalized spacial score (nSPS) is 18.8. The van der Waals surface area contributed by atoms with Crippen LogP contribution in [-0.4, -0.2) is 15.0 Å². The molecule has 1 aliphatic carbocycles. The summed E-state index contributed by atoms with van der Waals surface area (Å²) < 4.78 is 27.9. The van der Waals surface area contributed by atoms with E-state index in [-0.39, 0.29) is 0 Å². The maximum Gasteiger partial charge on any atom is 0.264 e. The number of rotatable bonds is 3. The minimum atomic E-state index is -3.49. The molecule has 1 heterocycles. The summed E-state index contributed by atoms with van der Waals surface area (Å²) in [6.45, 7) is 0.559. The summed E-state index contributed by atoms with van der Waals surface area (Å²) >= 11 is 0. The lowest BCUT2D eigenvalue weighted by Crippen LogP contribution is -2.35. The molecule has 4 rings (SSSR count). The van der Waals surface area contributed by atoms with E-state index in [9.17, 15) is 8.42 Å². The summed E-state index contributed by atoms with van der Waals surface area (Å²) in [4.78, 5) is 0.406. The number of para-hydroxylation sites is 1. The number of benzene rings is 2. The summed E-state index contributed by atoms with van der Waals surface area (Å²) in [5.74, 6) is 0.598. The van der Waals surface area contributed by atoms with Crippen molar-refractivity contribution in [1.82, 2.24) is 0 Å². The minimum Gasteiger partial charge on any atom is -0.266 e. The molecule has 2 aliphatic rings. The molecule has 1 aliphatic heterocycles. The number of fused-ring (bicyclic) bond motifs is 1. The molecule has 0 spiro atoms. The Hall–Kier alpha value is -1.81. The molecule has 4 heteroatoms. The first-order valence-electron chi connectivity index (χ1n) is 9.37. The Morgan fingerprint density at radius 2 is 1.56 bits per heavy atom. The maximum absolute atomic E-state index is 13.2. The maximum atomic E-state index is 13.2. The lowest BCUT2D eigenvalue weighted by atomic mass is 9.84. The molecule has 2 aromatic rings. The average molecular weight is 356 g/mol. The van der Waals surface area contributed by atoms with E-state index >= 15 is 0 Å². The fourth-order valence-electron chi connectivity index (χ4n) is 4.22. The van der Waals surface area contributed by atoms with Gasteiger partial charge in [0.25, 0.3) is 10.0 Å². The third kappa shape index (κ3) is 3.20. The fraction of sp³-hybridized carbons (Fsp3) is 0.429. The third-order valence-corrected chi connectivity index (χ3v) is 7.44. The van der Waals surface area contributed by atoms with Gasteiger partial charge in [-0.1, -0.05) is 49.6 Å². The Labute approximate surface area is 150 Å². The largest absolute Gasteiger partial charge is 0.266 e. The second kappa shape index (κ2) is 6.83. The zero-order valence-electron chi connectivity index (χ0n) is 14.5. The van der Waals surface area contributed by atoms with E-state index in [0.29, 0.717) is 17.4 Å². The van der Waals surface area contributed by atoms with Gasteiger partial charge in [0.05, 0.1) is 10.6 Å². The summed E-state index contributed by atoms with van der Waals surface area (Å²) in [5.41, 5.74) is 3.25. The molecule has 0 amide bonds. The van der Waals surface area contributed by atoms with Gasteiger partial charge < -0.3 is 0 Å². The van der Waals surface area contributed by atoms with Gasteiger partial charge in [-0.2, -0.15) is 0 Å². The molecule has 2 aromatic carbocycles. The van der Waals surface area contributed by atoms with Crippen molar-refractivity contribution in [2.24, 2.45) is 0 Å². The number of sulfonamides is 1. The fourth-order valence-corrected chi connectivity index (χ4v) is 5.76. The lowest BCUT2D eigenvalue weighted by molar-refractivity contribution is 0.443. The quantitative estimate of drug-likeness (QED) is 0.787. The summed E-state index contributed by atoms with van der Waals surface area (Å²) in [5, 5.41) is 0. The van der Waals surface area contributed by atoms with Crippen LogP contribution in [0.5, 0.6) is 0 Å². The number of nitrogens with zero attached hydrogens (tertiary/aromatic N) is 1. The Morgan fingerprint density at radius 3 is 2.32 bits per heavy atom. The van der Waals surface area contributed by atoms with Crippen LogP contribution in [0.25, 0.3) is 0 Å². The van der Waals surface area contributed by atoms with Crippen LogP contribution in [0.3, 0.4) is 0 Å². The first kappa shape index (κ1) is 16.6. The number of hydrogen-bond donors (Lipinski definition) is 0. The van der Waals surface area contributed by atoms with Crippen molar-refractivity contribution < 1.29 is 8.42 Å². The van der Waals surface area contributed by atoms with Gasteiger partial charge in [0.15, 0.2) is 0 Å². The van der Waals surface area contributed by atoms with Crippen molar-refractivity contribution in [3.05, 3.63) is 59.7 Å². The van der Waals surface area contributed by atoms with Crippen LogP contribution < -0.4 is 4.31 Å². The Balaban J connectivity index is 1.63. The van der Waals surface area contributed by atoms with E-state index in [4.69, 9.17) is 0 Å². The highest BCUT2D eigenvalue weighted by Gasteiger charge is 2.29. The predicted octanol–water partition coefficient (Wildman–Crippen LogP) is 4.88. The molecular weight excluding hydrogens is 330 g/mol. The highest BCUT2D eigenvalue weighted by Crippen LogP contribution is 2.35. The molecule has 0 atom stereocenters. The van der Waals surface area contributed by atoms with Crippen LogP contribution in [0.2, 0.25) is 0 Å². The van der Waals surface area contributed by atoms with Crippen molar-refractivity contribution >= 4 is 15.7 Å². The first-order chi connectivity index (χ1) is 12.2. The summed E-state index contributed by atoms with van der Waals surface area (Å²) in [6, 6.07) is 15.5.